The summed E-state index contributed by atoms with van der Waals surface area (Å²) in [4.78, 5) is 10.9. The molecule has 3 nitrogen and oxygen atoms in total. The zero-order valence-electron chi connectivity index (χ0n) is 7.29. The maximum Gasteiger partial charge on any atom is 0.308 e. The molecule has 0 aromatic carbocycles. The Kier molecular flexibility index (Phi) is 4.08. The summed E-state index contributed by atoms with van der Waals surface area (Å²) >= 11 is 0. The quantitative estimate of drug-likeness (QED) is 0.651. The number of hydrogen-bond acceptors (Lipinski definition) is 3. The molecule has 1 saturated carbocycles. The molecule has 1 N–H and O–H groups in total. The molecule has 0 radical (unpaired) electrons. The third kappa shape index (κ3) is 3.22. The molecule has 0 aromatic heterocycles. The van der Waals surface area contributed by atoms with Crippen LogP contribution in [0.5, 0.6) is 0 Å². The van der Waals surface area contributed by atoms with Crippen LogP contribution >= 0.6 is 0 Å². The zero-order valence-corrected chi connectivity index (χ0v) is 7.29. The largest absolute Gasteiger partial charge is 0.462 e. The van der Waals surface area contributed by atoms with E-state index in [-0.39, 0.29) is 25.1 Å². The highest BCUT2D eigenvalue weighted by molar-refractivity contribution is 5.69. The van der Waals surface area contributed by atoms with Crippen LogP contribution in [0.4, 0.5) is 0 Å². The van der Waals surface area contributed by atoms with Crippen LogP contribution in [-0.4, -0.2) is 23.8 Å². The van der Waals surface area contributed by atoms with Crippen LogP contribution in [0.2, 0.25) is 0 Å². The Morgan fingerprint density at radius 1 is 1.33 bits per heavy atom. The Bertz CT molecular complexity index is 139. The van der Waals surface area contributed by atoms with Gasteiger partial charge in [0, 0.05) is 0 Å². The van der Waals surface area contributed by atoms with E-state index in [0.29, 0.717) is 0 Å². The normalized spacial score (nSPS) is 19.1. The van der Waals surface area contributed by atoms with Crippen molar-refractivity contribution in [3.63, 3.8) is 0 Å². The molecule has 70 valence electrons. The summed E-state index contributed by atoms with van der Waals surface area (Å²) in [6, 6.07) is 0. The molecular formula is C9H16O3. The van der Waals surface area contributed by atoms with Crippen molar-refractivity contribution in [1.29, 1.82) is 0 Å². The van der Waals surface area contributed by atoms with Gasteiger partial charge in [-0.3, -0.25) is 4.79 Å². The van der Waals surface area contributed by atoms with E-state index in [1.54, 1.807) is 0 Å². The first kappa shape index (κ1) is 9.52. The van der Waals surface area contributed by atoms with Crippen molar-refractivity contribution in [2.75, 3.05) is 6.61 Å². The Morgan fingerprint density at radius 2 is 2.00 bits per heavy atom. The number of hydrogen-bond donors (Lipinski definition) is 1. The maximum atomic E-state index is 10.9. The Balaban J connectivity index is 2.15. The van der Waals surface area contributed by atoms with Gasteiger partial charge in [0.2, 0.25) is 0 Å². The molecule has 0 heterocycles. The second-order valence-corrected chi connectivity index (χ2v) is 3.22. The molecule has 1 fully saturated rings. The summed E-state index contributed by atoms with van der Waals surface area (Å²) in [6.45, 7) is -0.106. The molecule has 1 aliphatic carbocycles. The lowest BCUT2D eigenvalue weighted by molar-refractivity contribution is -0.151. The van der Waals surface area contributed by atoms with E-state index >= 15 is 0 Å². The summed E-state index contributed by atoms with van der Waals surface area (Å²) in [5.74, 6) is -0.260. The molecule has 0 saturated heterocycles. The summed E-state index contributed by atoms with van der Waals surface area (Å²) in [7, 11) is 0. The van der Waals surface area contributed by atoms with Crippen molar-refractivity contribution in [2.45, 2.75) is 44.6 Å². The maximum absolute atomic E-state index is 10.9. The minimum atomic E-state index is -0.260. The highest BCUT2D eigenvalue weighted by Gasteiger charge is 2.16. The third-order valence-electron chi connectivity index (χ3n) is 2.17. The van der Waals surface area contributed by atoms with Gasteiger partial charge in [0.15, 0.2) is 0 Å². The van der Waals surface area contributed by atoms with Crippen LogP contribution in [-0.2, 0) is 9.53 Å². The van der Waals surface area contributed by atoms with Crippen LogP contribution in [0, 0.1) is 0 Å². The summed E-state index contributed by atoms with van der Waals surface area (Å²) < 4.78 is 5.13. The third-order valence-corrected chi connectivity index (χ3v) is 2.17. The molecule has 12 heavy (non-hydrogen) atoms. The molecule has 0 unspecified atom stereocenters. The lowest BCUT2D eigenvalue weighted by Gasteiger charge is -2.21. The molecule has 0 atom stereocenters. The van der Waals surface area contributed by atoms with Gasteiger partial charge in [-0.05, 0) is 25.7 Å². The second kappa shape index (κ2) is 5.14. The van der Waals surface area contributed by atoms with Crippen molar-refractivity contribution in [2.24, 2.45) is 0 Å². The number of rotatable bonds is 3. The first-order valence-electron chi connectivity index (χ1n) is 4.63. The molecule has 1 aliphatic rings. The number of esters is 1. The molecule has 3 heteroatoms. The molecule has 0 aliphatic heterocycles. The first-order valence-corrected chi connectivity index (χ1v) is 4.63. The predicted molar refractivity (Wildman–Crippen MR) is 44.7 cm³/mol. The van der Waals surface area contributed by atoms with Gasteiger partial charge in [0.1, 0.15) is 6.10 Å². The van der Waals surface area contributed by atoms with Crippen molar-refractivity contribution in [1.82, 2.24) is 0 Å². The molecule has 0 bridgehead atoms. The first-order chi connectivity index (χ1) is 5.83. The van der Waals surface area contributed by atoms with E-state index in [4.69, 9.17) is 9.84 Å². The molecule has 0 amide bonds. The van der Waals surface area contributed by atoms with Crippen LogP contribution in [0.3, 0.4) is 0 Å². The van der Waals surface area contributed by atoms with Gasteiger partial charge in [-0.15, -0.1) is 0 Å². The summed E-state index contributed by atoms with van der Waals surface area (Å²) in [6.07, 6.45) is 5.84. The minimum Gasteiger partial charge on any atom is -0.462 e. The highest BCUT2D eigenvalue weighted by atomic mass is 16.5. The topological polar surface area (TPSA) is 46.5 Å². The molecule has 1 rings (SSSR count). The smallest absolute Gasteiger partial charge is 0.308 e. The monoisotopic (exact) mass is 172 g/mol. The average Bonchev–Trinajstić information content (AvgIpc) is 2.06. The van der Waals surface area contributed by atoms with E-state index in [9.17, 15) is 4.79 Å². The second-order valence-electron chi connectivity index (χ2n) is 3.22. The average molecular weight is 172 g/mol. The SMILES string of the molecule is O=C(CCO)OC1CCCCC1. The van der Waals surface area contributed by atoms with Crippen molar-refractivity contribution in [3.05, 3.63) is 0 Å². The van der Waals surface area contributed by atoms with Gasteiger partial charge in [-0.2, -0.15) is 0 Å². The lowest BCUT2D eigenvalue weighted by Crippen LogP contribution is -2.21. The van der Waals surface area contributed by atoms with Gasteiger partial charge < -0.3 is 9.84 Å². The number of carbonyl (C=O) groups is 1. The zero-order chi connectivity index (χ0) is 8.81. The van der Waals surface area contributed by atoms with E-state index in [2.05, 4.69) is 0 Å². The number of aliphatic hydroxyl groups is 1. The van der Waals surface area contributed by atoms with Crippen LogP contribution in [0.1, 0.15) is 38.5 Å². The van der Waals surface area contributed by atoms with Gasteiger partial charge in [-0.25, -0.2) is 0 Å². The van der Waals surface area contributed by atoms with Crippen molar-refractivity contribution < 1.29 is 14.6 Å². The van der Waals surface area contributed by atoms with Crippen LogP contribution in [0.25, 0.3) is 0 Å². The predicted octanol–water partition coefficient (Wildman–Crippen LogP) is 1.24. The minimum absolute atomic E-state index is 0.106. The standard InChI is InChI=1S/C9H16O3/c10-7-6-9(11)12-8-4-2-1-3-5-8/h8,10H,1-7H2. The Hall–Kier alpha value is -0.570. The fraction of sp³-hybridized carbons (Fsp3) is 0.889. The van der Waals surface area contributed by atoms with E-state index in [1.165, 1.54) is 6.42 Å². The lowest BCUT2D eigenvalue weighted by atomic mass is 9.98. The van der Waals surface area contributed by atoms with E-state index < -0.39 is 0 Å². The Labute approximate surface area is 72.7 Å². The van der Waals surface area contributed by atoms with Crippen molar-refractivity contribution in [3.8, 4) is 0 Å². The van der Waals surface area contributed by atoms with Gasteiger partial charge >= 0.3 is 5.97 Å². The van der Waals surface area contributed by atoms with Gasteiger partial charge in [-0.1, -0.05) is 6.42 Å². The molecule has 0 spiro atoms. The van der Waals surface area contributed by atoms with Gasteiger partial charge in [0.05, 0.1) is 13.0 Å². The molecule has 0 aromatic rings. The number of carbonyl (C=O) groups excluding carboxylic acids is 1. The highest BCUT2D eigenvalue weighted by Crippen LogP contribution is 2.20. The van der Waals surface area contributed by atoms with Crippen LogP contribution < -0.4 is 0 Å². The van der Waals surface area contributed by atoms with Gasteiger partial charge in [0.25, 0.3) is 0 Å². The summed E-state index contributed by atoms with van der Waals surface area (Å²) in [5.41, 5.74) is 0. The Morgan fingerprint density at radius 3 is 2.58 bits per heavy atom. The number of aliphatic hydroxyl groups excluding tert-OH is 1. The van der Waals surface area contributed by atoms with E-state index in [0.717, 1.165) is 25.7 Å². The van der Waals surface area contributed by atoms with E-state index in [1.807, 2.05) is 0 Å². The molecular weight excluding hydrogens is 156 g/mol. The fourth-order valence-corrected chi connectivity index (χ4v) is 1.52. The van der Waals surface area contributed by atoms with Crippen molar-refractivity contribution >= 4 is 5.97 Å². The summed E-state index contributed by atoms with van der Waals surface area (Å²) in [5, 5.41) is 8.47. The fourth-order valence-electron chi connectivity index (χ4n) is 1.52. The van der Waals surface area contributed by atoms with Crippen LogP contribution in [0.15, 0.2) is 0 Å². The number of ether oxygens (including phenoxy) is 1.